The lowest BCUT2D eigenvalue weighted by Gasteiger charge is -2.45. The molecule has 0 bridgehead atoms. The molecule has 0 amide bonds. The zero-order valence-corrected chi connectivity index (χ0v) is 12.9. The van der Waals surface area contributed by atoms with E-state index in [-0.39, 0.29) is 0 Å². The van der Waals surface area contributed by atoms with Crippen molar-refractivity contribution in [1.29, 1.82) is 0 Å². The number of hydrogen-bond acceptors (Lipinski definition) is 4. The molecule has 4 nitrogen and oxygen atoms in total. The molecular weight excluding hydrogens is 238 g/mol. The quantitative estimate of drug-likeness (QED) is 0.807. The van der Waals surface area contributed by atoms with Gasteiger partial charge in [0.15, 0.2) is 0 Å². The van der Waals surface area contributed by atoms with Crippen LogP contribution in [0.4, 0.5) is 0 Å². The van der Waals surface area contributed by atoms with E-state index in [1.54, 1.807) is 0 Å². The van der Waals surface area contributed by atoms with Crippen LogP contribution in [0.2, 0.25) is 0 Å². The monoisotopic (exact) mass is 269 g/mol. The van der Waals surface area contributed by atoms with Gasteiger partial charge in [-0.2, -0.15) is 0 Å². The van der Waals surface area contributed by atoms with Crippen molar-refractivity contribution in [1.82, 2.24) is 15.1 Å². The molecule has 3 unspecified atom stereocenters. The van der Waals surface area contributed by atoms with Crippen LogP contribution >= 0.6 is 0 Å². The Bertz CT molecular complexity index is 256. The average molecular weight is 269 g/mol. The Balaban J connectivity index is 2.01. The van der Waals surface area contributed by atoms with Gasteiger partial charge in [0, 0.05) is 38.3 Å². The standard InChI is InChI=1S/C15H31N3O/c1-4-7-16-15(13-6-5-10-19-12-13)14-11-17(2)8-9-18(14)3/h13-16H,4-12H2,1-3H3. The van der Waals surface area contributed by atoms with Gasteiger partial charge in [-0.1, -0.05) is 6.92 Å². The largest absolute Gasteiger partial charge is 0.381 e. The Labute approximate surface area is 118 Å². The summed E-state index contributed by atoms with van der Waals surface area (Å²) in [6.45, 7) is 8.81. The van der Waals surface area contributed by atoms with Gasteiger partial charge in [0.25, 0.3) is 0 Å². The zero-order valence-electron chi connectivity index (χ0n) is 12.9. The molecule has 112 valence electrons. The minimum Gasteiger partial charge on any atom is -0.381 e. The highest BCUT2D eigenvalue weighted by molar-refractivity contribution is 4.93. The summed E-state index contributed by atoms with van der Waals surface area (Å²) in [4.78, 5) is 5.01. The minimum atomic E-state index is 0.577. The summed E-state index contributed by atoms with van der Waals surface area (Å²) in [7, 11) is 4.52. The molecule has 2 rings (SSSR count). The first-order chi connectivity index (χ1) is 9.22. The maximum absolute atomic E-state index is 5.72. The van der Waals surface area contributed by atoms with Gasteiger partial charge >= 0.3 is 0 Å². The highest BCUT2D eigenvalue weighted by atomic mass is 16.5. The van der Waals surface area contributed by atoms with Gasteiger partial charge in [-0.3, -0.25) is 4.90 Å². The van der Waals surface area contributed by atoms with Crippen molar-refractivity contribution in [2.24, 2.45) is 5.92 Å². The van der Waals surface area contributed by atoms with Gasteiger partial charge in [0.2, 0.25) is 0 Å². The van der Waals surface area contributed by atoms with E-state index in [0.29, 0.717) is 18.0 Å². The number of piperazine rings is 1. The fraction of sp³-hybridized carbons (Fsp3) is 1.00. The molecule has 0 aromatic heterocycles. The molecular formula is C15H31N3O. The Morgan fingerprint density at radius 1 is 1.32 bits per heavy atom. The summed E-state index contributed by atoms with van der Waals surface area (Å²) in [5.74, 6) is 0.680. The Kier molecular flexibility index (Phi) is 6.07. The van der Waals surface area contributed by atoms with Crippen molar-refractivity contribution < 1.29 is 4.74 Å². The Hall–Kier alpha value is -0.160. The van der Waals surface area contributed by atoms with Crippen LogP contribution in [-0.4, -0.2) is 75.4 Å². The molecule has 0 aliphatic carbocycles. The highest BCUT2D eigenvalue weighted by Gasteiger charge is 2.35. The third-order valence-corrected chi connectivity index (χ3v) is 4.65. The van der Waals surface area contributed by atoms with Crippen LogP contribution in [0.1, 0.15) is 26.2 Å². The molecule has 2 fully saturated rings. The lowest BCUT2D eigenvalue weighted by atomic mass is 9.87. The molecule has 19 heavy (non-hydrogen) atoms. The van der Waals surface area contributed by atoms with E-state index in [4.69, 9.17) is 4.74 Å². The minimum absolute atomic E-state index is 0.577. The zero-order chi connectivity index (χ0) is 13.7. The molecule has 2 aliphatic heterocycles. The SMILES string of the molecule is CCCNC(C1CCCOC1)C1CN(C)CCN1C. The van der Waals surface area contributed by atoms with Gasteiger partial charge in [-0.25, -0.2) is 0 Å². The van der Waals surface area contributed by atoms with Crippen LogP contribution < -0.4 is 5.32 Å². The predicted molar refractivity (Wildman–Crippen MR) is 79.5 cm³/mol. The van der Waals surface area contributed by atoms with Crippen LogP contribution in [0.25, 0.3) is 0 Å². The van der Waals surface area contributed by atoms with Crippen LogP contribution in [0.15, 0.2) is 0 Å². The second-order valence-electron chi connectivity index (χ2n) is 6.27. The topological polar surface area (TPSA) is 27.7 Å². The van der Waals surface area contributed by atoms with Crippen molar-refractivity contribution in [3.05, 3.63) is 0 Å². The van der Waals surface area contributed by atoms with Crippen molar-refractivity contribution >= 4 is 0 Å². The summed E-state index contributed by atoms with van der Waals surface area (Å²) >= 11 is 0. The fourth-order valence-electron chi connectivity index (χ4n) is 3.41. The van der Waals surface area contributed by atoms with Crippen LogP contribution in [0.5, 0.6) is 0 Å². The van der Waals surface area contributed by atoms with Crippen molar-refractivity contribution in [3.8, 4) is 0 Å². The first-order valence-electron chi connectivity index (χ1n) is 7.92. The summed E-state index contributed by atoms with van der Waals surface area (Å²) in [5, 5.41) is 3.81. The lowest BCUT2D eigenvalue weighted by Crippen LogP contribution is -2.61. The molecule has 3 atom stereocenters. The van der Waals surface area contributed by atoms with E-state index >= 15 is 0 Å². The summed E-state index contributed by atoms with van der Waals surface area (Å²) in [6, 6.07) is 1.20. The molecule has 2 aliphatic rings. The summed E-state index contributed by atoms with van der Waals surface area (Å²) in [5.41, 5.74) is 0. The van der Waals surface area contributed by atoms with E-state index in [1.165, 1.54) is 38.9 Å². The number of ether oxygens (including phenoxy) is 1. The molecule has 2 heterocycles. The molecule has 1 N–H and O–H groups in total. The fourth-order valence-corrected chi connectivity index (χ4v) is 3.41. The average Bonchev–Trinajstić information content (AvgIpc) is 2.44. The number of likely N-dealkylation sites (N-methyl/N-ethyl adjacent to an activating group) is 2. The van der Waals surface area contributed by atoms with Crippen LogP contribution in [0.3, 0.4) is 0 Å². The molecule has 4 heteroatoms. The smallest absolute Gasteiger partial charge is 0.0509 e. The molecule has 0 aromatic carbocycles. The van der Waals surface area contributed by atoms with Crippen molar-refractivity contribution in [2.75, 3.05) is 53.5 Å². The van der Waals surface area contributed by atoms with E-state index in [0.717, 1.165) is 19.8 Å². The van der Waals surface area contributed by atoms with Crippen LogP contribution in [-0.2, 0) is 4.74 Å². The number of hydrogen-bond donors (Lipinski definition) is 1. The number of nitrogens with zero attached hydrogens (tertiary/aromatic N) is 2. The molecule has 0 spiro atoms. The summed E-state index contributed by atoms with van der Waals surface area (Å²) < 4.78 is 5.72. The van der Waals surface area contributed by atoms with Gasteiger partial charge in [0.05, 0.1) is 6.61 Å². The lowest BCUT2D eigenvalue weighted by molar-refractivity contribution is 0.00479. The number of rotatable bonds is 5. The third kappa shape index (κ3) is 4.15. The third-order valence-electron chi connectivity index (χ3n) is 4.65. The first-order valence-corrected chi connectivity index (χ1v) is 7.92. The van der Waals surface area contributed by atoms with Gasteiger partial charge in [-0.15, -0.1) is 0 Å². The maximum atomic E-state index is 5.72. The van der Waals surface area contributed by atoms with E-state index in [2.05, 4.69) is 36.1 Å². The first kappa shape index (κ1) is 15.2. The van der Waals surface area contributed by atoms with E-state index in [1.807, 2.05) is 0 Å². The Morgan fingerprint density at radius 3 is 2.84 bits per heavy atom. The summed E-state index contributed by atoms with van der Waals surface area (Å²) in [6.07, 6.45) is 3.74. The van der Waals surface area contributed by atoms with E-state index in [9.17, 15) is 0 Å². The van der Waals surface area contributed by atoms with Crippen LogP contribution in [0, 0.1) is 5.92 Å². The van der Waals surface area contributed by atoms with Crippen molar-refractivity contribution in [3.63, 3.8) is 0 Å². The maximum Gasteiger partial charge on any atom is 0.0509 e. The second-order valence-corrected chi connectivity index (χ2v) is 6.27. The molecule has 0 saturated carbocycles. The van der Waals surface area contributed by atoms with Gasteiger partial charge < -0.3 is 15.0 Å². The molecule has 2 saturated heterocycles. The highest BCUT2D eigenvalue weighted by Crippen LogP contribution is 2.23. The predicted octanol–water partition coefficient (Wildman–Crippen LogP) is 1.03. The molecule has 0 aromatic rings. The van der Waals surface area contributed by atoms with Gasteiger partial charge in [-0.05, 0) is 45.8 Å². The number of nitrogens with one attached hydrogen (secondary N) is 1. The van der Waals surface area contributed by atoms with Crippen molar-refractivity contribution in [2.45, 2.75) is 38.3 Å². The second kappa shape index (κ2) is 7.58. The van der Waals surface area contributed by atoms with E-state index < -0.39 is 0 Å². The van der Waals surface area contributed by atoms with Gasteiger partial charge in [0.1, 0.15) is 0 Å². The normalized spacial score (nSPS) is 32.4. The Morgan fingerprint density at radius 2 is 2.16 bits per heavy atom. The molecule has 0 radical (unpaired) electrons.